The summed E-state index contributed by atoms with van der Waals surface area (Å²) in [6.45, 7) is 4.19. The van der Waals surface area contributed by atoms with Gasteiger partial charge in [-0.15, -0.1) is 24.0 Å². The zero-order valence-electron chi connectivity index (χ0n) is 14.5. The summed E-state index contributed by atoms with van der Waals surface area (Å²) < 4.78 is 5.24. The highest BCUT2D eigenvalue weighted by Gasteiger charge is 2.03. The number of ether oxygens (including phenoxy) is 1. The van der Waals surface area contributed by atoms with E-state index in [1.165, 1.54) is 22.3 Å². The summed E-state index contributed by atoms with van der Waals surface area (Å²) in [7, 11) is 3.50. The maximum atomic E-state index is 5.24. The molecule has 24 heavy (non-hydrogen) atoms. The van der Waals surface area contributed by atoms with Gasteiger partial charge >= 0.3 is 0 Å². The summed E-state index contributed by atoms with van der Waals surface area (Å²) in [4.78, 5) is 4.28. The van der Waals surface area contributed by atoms with Crippen LogP contribution in [0.15, 0.2) is 53.5 Å². The van der Waals surface area contributed by atoms with Gasteiger partial charge in [0.2, 0.25) is 0 Å². The van der Waals surface area contributed by atoms with Crippen LogP contribution in [0.25, 0.3) is 0 Å². The number of halogens is 1. The van der Waals surface area contributed by atoms with Gasteiger partial charge in [0, 0.05) is 27.2 Å². The Morgan fingerprint density at radius 2 is 1.71 bits per heavy atom. The van der Waals surface area contributed by atoms with Gasteiger partial charge in [-0.3, -0.25) is 4.99 Å². The summed E-state index contributed by atoms with van der Waals surface area (Å²) in [5, 5.41) is 6.69. The molecule has 0 amide bonds. The number of methoxy groups -OCH3 is 1. The Bertz CT molecular complexity index is 659. The van der Waals surface area contributed by atoms with Crippen LogP contribution in [0.5, 0.6) is 0 Å². The summed E-state index contributed by atoms with van der Waals surface area (Å²) in [5.41, 5.74) is 4.91. The molecule has 0 aliphatic carbocycles. The molecule has 2 N–H and O–H groups in total. The largest absolute Gasteiger partial charge is 0.380 e. The first kappa shape index (κ1) is 20.4. The molecule has 0 spiro atoms. The highest BCUT2D eigenvalue weighted by molar-refractivity contribution is 14.0. The van der Waals surface area contributed by atoms with Crippen molar-refractivity contribution in [1.82, 2.24) is 10.6 Å². The van der Waals surface area contributed by atoms with E-state index in [2.05, 4.69) is 58.9 Å². The molecular formula is C19H26IN3O. The second kappa shape index (κ2) is 11.0. The van der Waals surface area contributed by atoms with E-state index in [-0.39, 0.29) is 24.0 Å². The molecule has 0 atom stereocenters. The number of nitrogens with zero attached hydrogens (tertiary/aromatic N) is 1. The quantitative estimate of drug-likeness (QED) is 0.411. The van der Waals surface area contributed by atoms with Crippen LogP contribution in [0.1, 0.15) is 22.3 Å². The van der Waals surface area contributed by atoms with Gasteiger partial charge in [0.15, 0.2) is 5.96 Å². The first-order valence-electron chi connectivity index (χ1n) is 7.78. The fraction of sp³-hybridized carbons (Fsp3) is 0.316. The summed E-state index contributed by atoms with van der Waals surface area (Å²) in [6, 6.07) is 16.7. The molecule has 0 fully saturated rings. The Morgan fingerprint density at radius 1 is 1.00 bits per heavy atom. The third kappa shape index (κ3) is 6.49. The minimum absolute atomic E-state index is 0. The van der Waals surface area contributed by atoms with Crippen molar-refractivity contribution in [1.29, 1.82) is 0 Å². The Morgan fingerprint density at radius 3 is 2.38 bits per heavy atom. The molecule has 0 unspecified atom stereocenters. The van der Waals surface area contributed by atoms with E-state index in [0.29, 0.717) is 13.2 Å². The van der Waals surface area contributed by atoms with Crippen molar-refractivity contribution in [3.05, 3.63) is 70.8 Å². The molecule has 0 aliphatic rings. The van der Waals surface area contributed by atoms with E-state index >= 15 is 0 Å². The fourth-order valence-corrected chi connectivity index (χ4v) is 2.43. The molecular weight excluding hydrogens is 413 g/mol. The lowest BCUT2D eigenvalue weighted by atomic mass is 10.1. The van der Waals surface area contributed by atoms with Gasteiger partial charge in [-0.2, -0.15) is 0 Å². The zero-order chi connectivity index (χ0) is 16.5. The average Bonchev–Trinajstić information content (AvgIpc) is 2.57. The smallest absolute Gasteiger partial charge is 0.191 e. The van der Waals surface area contributed by atoms with E-state index in [9.17, 15) is 0 Å². The van der Waals surface area contributed by atoms with Crippen LogP contribution in [-0.4, -0.2) is 20.1 Å². The number of hydrogen-bond acceptors (Lipinski definition) is 2. The average molecular weight is 439 g/mol. The van der Waals surface area contributed by atoms with Gasteiger partial charge in [0.25, 0.3) is 0 Å². The number of guanidine groups is 1. The fourth-order valence-electron chi connectivity index (χ4n) is 2.43. The van der Waals surface area contributed by atoms with Gasteiger partial charge in [0.05, 0.1) is 6.61 Å². The lowest BCUT2D eigenvalue weighted by Crippen LogP contribution is -2.36. The summed E-state index contributed by atoms with van der Waals surface area (Å²) >= 11 is 0. The molecule has 2 aromatic carbocycles. The van der Waals surface area contributed by atoms with Crippen LogP contribution < -0.4 is 10.6 Å². The highest BCUT2D eigenvalue weighted by atomic mass is 127. The van der Waals surface area contributed by atoms with Crippen LogP contribution in [-0.2, 0) is 24.4 Å². The summed E-state index contributed by atoms with van der Waals surface area (Å²) in [5.74, 6) is 0.790. The van der Waals surface area contributed by atoms with E-state index in [1.54, 1.807) is 14.2 Å². The molecule has 0 saturated heterocycles. The number of benzene rings is 2. The van der Waals surface area contributed by atoms with Crippen LogP contribution in [0.3, 0.4) is 0 Å². The molecule has 130 valence electrons. The molecule has 2 rings (SSSR count). The minimum Gasteiger partial charge on any atom is -0.380 e. The lowest BCUT2D eigenvalue weighted by Gasteiger charge is -2.14. The molecule has 0 bridgehead atoms. The topological polar surface area (TPSA) is 45.7 Å². The predicted molar refractivity (Wildman–Crippen MR) is 111 cm³/mol. The Kier molecular flexibility index (Phi) is 9.41. The van der Waals surface area contributed by atoms with Crippen molar-refractivity contribution in [2.45, 2.75) is 26.6 Å². The van der Waals surface area contributed by atoms with Crippen LogP contribution in [0.2, 0.25) is 0 Å². The number of nitrogens with one attached hydrogen (secondary N) is 2. The molecule has 2 aromatic rings. The van der Waals surface area contributed by atoms with Gasteiger partial charge in [0.1, 0.15) is 0 Å². The number of aliphatic imine (C=N–C) groups is 1. The lowest BCUT2D eigenvalue weighted by molar-refractivity contribution is 0.184. The zero-order valence-corrected chi connectivity index (χ0v) is 16.8. The molecule has 0 saturated carbocycles. The predicted octanol–water partition coefficient (Wildman–Crippen LogP) is 3.62. The van der Waals surface area contributed by atoms with Crippen molar-refractivity contribution in [2.75, 3.05) is 14.2 Å². The van der Waals surface area contributed by atoms with Crippen molar-refractivity contribution in [3.8, 4) is 0 Å². The standard InChI is InChI=1S/C19H25N3O.HI/c1-15-7-6-8-16(11-15)12-21-19(20-2)22-13-17-9-4-5-10-18(17)14-23-3;/h4-11H,12-14H2,1-3H3,(H2,20,21,22);1H. The van der Waals surface area contributed by atoms with E-state index in [0.717, 1.165) is 12.5 Å². The molecule has 0 radical (unpaired) electrons. The second-order valence-corrected chi connectivity index (χ2v) is 5.47. The maximum absolute atomic E-state index is 5.24. The highest BCUT2D eigenvalue weighted by Crippen LogP contribution is 2.09. The second-order valence-electron chi connectivity index (χ2n) is 5.47. The number of rotatable bonds is 6. The van der Waals surface area contributed by atoms with Gasteiger partial charge < -0.3 is 15.4 Å². The Hall–Kier alpha value is -1.60. The van der Waals surface area contributed by atoms with Gasteiger partial charge in [-0.25, -0.2) is 0 Å². The minimum atomic E-state index is 0. The first-order valence-corrected chi connectivity index (χ1v) is 7.78. The first-order chi connectivity index (χ1) is 11.2. The molecule has 4 nitrogen and oxygen atoms in total. The van der Waals surface area contributed by atoms with Crippen LogP contribution >= 0.6 is 24.0 Å². The molecule has 5 heteroatoms. The third-order valence-corrected chi connectivity index (χ3v) is 3.63. The van der Waals surface area contributed by atoms with Crippen LogP contribution in [0, 0.1) is 6.92 Å². The maximum Gasteiger partial charge on any atom is 0.191 e. The van der Waals surface area contributed by atoms with E-state index < -0.39 is 0 Å². The SMILES string of the molecule is CN=C(NCc1cccc(C)c1)NCc1ccccc1COC.I. The van der Waals surface area contributed by atoms with Crippen molar-refractivity contribution < 1.29 is 4.74 Å². The molecule has 0 aromatic heterocycles. The van der Waals surface area contributed by atoms with Gasteiger partial charge in [-0.1, -0.05) is 54.1 Å². The Balaban J connectivity index is 0.00000288. The van der Waals surface area contributed by atoms with E-state index in [1.807, 2.05) is 12.1 Å². The number of hydrogen-bond donors (Lipinski definition) is 2. The Labute approximate surface area is 161 Å². The molecule has 0 heterocycles. The molecule has 0 aliphatic heterocycles. The monoisotopic (exact) mass is 439 g/mol. The van der Waals surface area contributed by atoms with Gasteiger partial charge in [-0.05, 0) is 23.6 Å². The summed E-state index contributed by atoms with van der Waals surface area (Å²) in [6.07, 6.45) is 0. The van der Waals surface area contributed by atoms with Crippen molar-refractivity contribution in [2.24, 2.45) is 4.99 Å². The van der Waals surface area contributed by atoms with Crippen LogP contribution in [0.4, 0.5) is 0 Å². The number of aryl methyl sites for hydroxylation is 1. The van der Waals surface area contributed by atoms with Crippen molar-refractivity contribution in [3.63, 3.8) is 0 Å². The van der Waals surface area contributed by atoms with Crippen molar-refractivity contribution >= 4 is 29.9 Å². The van der Waals surface area contributed by atoms with E-state index in [4.69, 9.17) is 4.74 Å². The normalized spacial score (nSPS) is 10.9. The third-order valence-electron chi connectivity index (χ3n) is 3.63.